The molecule has 15 atom stereocenters. The van der Waals surface area contributed by atoms with Crippen molar-refractivity contribution in [2.75, 3.05) is 13.2 Å². The average molecular weight is 1600 g/mol. The molecule has 5 aliphatic rings. The minimum atomic E-state index is -2.77. The molecule has 4 fully saturated rings. The van der Waals surface area contributed by atoms with Gasteiger partial charge in [0.15, 0.2) is 30.7 Å². The normalized spacial score (nSPS) is 25.4. The van der Waals surface area contributed by atoms with Crippen molar-refractivity contribution in [3.63, 3.8) is 0 Å². The van der Waals surface area contributed by atoms with Gasteiger partial charge in [-0.1, -0.05) is 127 Å². The fraction of sp³-hybridized carbons (Fsp3) is 0.396. The Balaban J connectivity index is 0.917. The van der Waals surface area contributed by atoms with Crippen LogP contribution in [0.5, 0.6) is 0 Å². The van der Waals surface area contributed by atoms with Crippen LogP contribution in [0.3, 0.4) is 0 Å². The molecule has 3 aliphatic carbocycles. The molecule has 0 bridgehead atoms. The van der Waals surface area contributed by atoms with Gasteiger partial charge in [-0.3, -0.25) is 0 Å². The van der Waals surface area contributed by atoms with E-state index in [4.69, 9.17) is 52.1 Å². The first-order valence-electron chi connectivity index (χ1n) is 39.1. The first-order chi connectivity index (χ1) is 53.6. The molecule has 8 aromatic rings. The molecule has 0 amide bonds. The van der Waals surface area contributed by atoms with Gasteiger partial charge >= 0.3 is 262 Å². The van der Waals surface area contributed by atoms with Gasteiger partial charge in [0.25, 0.3) is 0 Å². The minimum absolute atomic E-state index is 0.0235. The second-order valence-electron chi connectivity index (χ2n) is 30.0. The van der Waals surface area contributed by atoms with Crippen LogP contribution in [0.2, 0.25) is 13.3 Å². The molecular weight excluding hydrogens is 1500 g/mol. The van der Waals surface area contributed by atoms with E-state index in [-0.39, 0.29) is 44.9 Å². The van der Waals surface area contributed by atoms with E-state index in [0.717, 1.165) is 32.1 Å². The van der Waals surface area contributed by atoms with E-state index in [1.807, 2.05) is 0 Å². The summed E-state index contributed by atoms with van der Waals surface area (Å²) in [7, 11) is 0. The molecule has 8 aromatic carbocycles. The maximum atomic E-state index is 15.3. The SMILES string of the molecule is CCC[CH2][Sn]([CH2]CCC)([CH2]CCC)[c]1ccc2c(c1)CC[C@@H]1[C@@H]2CC[C@]2(C)C(O[C@H]3O[C@H](COC(=O)c4ccccc4)[C@@H](O[C@@H]4O[C@H](COC(=O)c5ccccc5)[C@H](OC(=O)c5ccccc5)[C@H](OC(=O)c5ccccc5)[C@H]4OC(=O)c4ccccc4)[C@H](OC(=O)c4ccccc4)[C@H]3OC(=O)c3ccccc3)CC[C@@H]12. The number of benzene rings is 8. The second kappa shape index (κ2) is 37.1. The maximum absolute atomic E-state index is 15.3. The van der Waals surface area contributed by atoms with Crippen molar-refractivity contribution in [3.05, 3.63) is 281 Å². The summed E-state index contributed by atoms with van der Waals surface area (Å²) in [6.45, 7) is 7.90. The Bertz CT molecular complexity index is 4360. The van der Waals surface area contributed by atoms with Crippen LogP contribution < -0.4 is 3.58 Å². The third-order valence-corrected chi connectivity index (χ3v) is 38.7. The van der Waals surface area contributed by atoms with Crippen LogP contribution >= 0.6 is 0 Å². The Morgan fingerprint density at radius 1 is 0.391 bits per heavy atom. The van der Waals surface area contributed by atoms with Crippen LogP contribution in [-0.4, -0.2) is 141 Å². The first kappa shape index (κ1) is 78.8. The van der Waals surface area contributed by atoms with Gasteiger partial charge in [0, 0.05) is 0 Å². The number of hydrogen-bond acceptors (Lipinski definition) is 18. The molecule has 1 unspecified atom stereocenters. The van der Waals surface area contributed by atoms with Gasteiger partial charge in [0.1, 0.15) is 31.5 Å². The standard InChI is InChI=1S/C79H71O18.3C4H9.Sn/c1-79-46-45-58-57-40-24-23-25-49(57)41-42-59(58)60(79)43-44-63(79)91-77-68(95-75(85)55-36-19-7-20-37-55)67(94-74(84)54-34-17-6-18-35-54)65(62(89-77)48-88-71(81)51-28-11-3-12-29-51)97-78-69(96-76(86)56-38-21-8-22-39-56)66(93-73(83)53-32-15-5-16-33-53)64(92-72(82)52-30-13-4-14-31-52)61(90-78)47-87-70(80)50-26-9-2-10-27-50;3*1-3-4-2;/h2-22,24-40,58-69,77-78H,41-48H2,1H3;3*1,3-4H2,2H3;/t58-,59-,60+,61-,62-,63?,64+,65-,66+,67+,68-,69-,77-,78+,79+;;;;/m1..../s1. The molecule has 2 aliphatic heterocycles. The molecule has 2 saturated heterocycles. The molecular formula is C91H98O18Sn. The topological polar surface area (TPSA) is 221 Å². The third kappa shape index (κ3) is 18.3. The summed E-state index contributed by atoms with van der Waals surface area (Å²) in [5, 5.41) is 0. The van der Waals surface area contributed by atoms with Crippen molar-refractivity contribution >= 4 is 63.7 Å². The number of hydrogen-bond donors (Lipinski definition) is 0. The van der Waals surface area contributed by atoms with Crippen molar-refractivity contribution in [3.8, 4) is 0 Å². The number of aryl methyl sites for hydroxylation is 1. The van der Waals surface area contributed by atoms with Crippen LogP contribution in [0.4, 0.5) is 0 Å². The van der Waals surface area contributed by atoms with E-state index in [9.17, 15) is 19.2 Å². The van der Waals surface area contributed by atoms with Gasteiger partial charge < -0.3 is 42.6 Å². The number of ether oxygens (including phenoxy) is 11. The van der Waals surface area contributed by atoms with Gasteiger partial charge in [-0.2, -0.15) is 0 Å². The molecule has 0 radical (unpaired) electrons. The predicted octanol–water partition coefficient (Wildman–Crippen LogP) is 16.7. The second-order valence-corrected chi connectivity index (χ2v) is 43.2. The molecule has 574 valence electrons. The van der Waals surface area contributed by atoms with E-state index in [1.165, 1.54) is 111 Å². The summed E-state index contributed by atoms with van der Waals surface area (Å²) in [6.07, 6.45) is -5.81. The van der Waals surface area contributed by atoms with Gasteiger partial charge in [0.2, 0.25) is 0 Å². The zero-order chi connectivity index (χ0) is 76.6. The average Bonchev–Trinajstić information content (AvgIpc) is 1.27. The van der Waals surface area contributed by atoms with Crippen LogP contribution in [-0.2, 0) is 58.5 Å². The molecule has 2 saturated carbocycles. The van der Waals surface area contributed by atoms with E-state index in [0.29, 0.717) is 18.3 Å². The Morgan fingerprint density at radius 2 is 0.745 bits per heavy atom. The number of unbranched alkanes of at least 4 members (excludes halogenated alkanes) is 3. The van der Waals surface area contributed by atoms with Gasteiger partial charge in [-0.25, -0.2) is 33.6 Å². The quantitative estimate of drug-likeness (QED) is 0.0232. The Morgan fingerprint density at radius 3 is 1.15 bits per heavy atom. The monoisotopic (exact) mass is 1600 g/mol. The fourth-order valence-corrected chi connectivity index (χ4v) is 33.3. The number of carbonyl (C=O) groups excluding carboxylic acids is 7. The zero-order valence-corrected chi connectivity index (χ0v) is 65.7. The van der Waals surface area contributed by atoms with E-state index >= 15 is 14.4 Å². The Labute approximate surface area is 647 Å². The van der Waals surface area contributed by atoms with Crippen LogP contribution in [0.25, 0.3) is 0 Å². The summed E-state index contributed by atoms with van der Waals surface area (Å²) in [6, 6.07) is 64.3. The molecule has 13 rings (SSSR count). The summed E-state index contributed by atoms with van der Waals surface area (Å²) < 4.78 is 80.4. The Hall–Kier alpha value is -9.31. The zero-order valence-electron chi connectivity index (χ0n) is 62.9. The van der Waals surface area contributed by atoms with Crippen molar-refractivity contribution in [1.29, 1.82) is 0 Å². The molecule has 2 heterocycles. The number of rotatable bonds is 30. The van der Waals surface area contributed by atoms with Crippen LogP contribution in [0, 0.1) is 17.3 Å². The van der Waals surface area contributed by atoms with Crippen molar-refractivity contribution < 1.29 is 85.7 Å². The van der Waals surface area contributed by atoms with Crippen LogP contribution in [0.15, 0.2) is 231 Å². The van der Waals surface area contributed by atoms with Crippen molar-refractivity contribution in [1.82, 2.24) is 0 Å². The van der Waals surface area contributed by atoms with E-state index in [2.05, 4.69) is 45.9 Å². The summed E-state index contributed by atoms with van der Waals surface area (Å²) in [4.78, 5) is 104. The van der Waals surface area contributed by atoms with Gasteiger partial charge in [0.05, 0.1) is 38.9 Å². The molecule has 0 spiro atoms. The van der Waals surface area contributed by atoms with Gasteiger partial charge in [-0.15, -0.1) is 0 Å². The third-order valence-electron chi connectivity index (χ3n) is 23.1. The van der Waals surface area contributed by atoms with E-state index < -0.39 is 146 Å². The number of esters is 7. The van der Waals surface area contributed by atoms with Crippen molar-refractivity contribution in [2.24, 2.45) is 17.3 Å². The molecule has 0 N–H and O–H groups in total. The summed E-state index contributed by atoms with van der Waals surface area (Å²) in [5.74, 6) is -5.36. The molecule has 19 heteroatoms. The summed E-state index contributed by atoms with van der Waals surface area (Å²) in [5.41, 5.74) is 3.20. The van der Waals surface area contributed by atoms with Crippen molar-refractivity contribution in [2.45, 2.75) is 191 Å². The van der Waals surface area contributed by atoms with Gasteiger partial charge in [-0.05, 0) is 84.9 Å². The van der Waals surface area contributed by atoms with Crippen LogP contribution in [0.1, 0.15) is 188 Å². The Kier molecular flexibility index (Phi) is 26.6. The molecule has 110 heavy (non-hydrogen) atoms. The fourth-order valence-electron chi connectivity index (χ4n) is 17.3. The predicted molar refractivity (Wildman–Crippen MR) is 414 cm³/mol. The summed E-state index contributed by atoms with van der Waals surface area (Å²) >= 11 is -2.77. The number of carbonyl (C=O) groups is 7. The first-order valence-corrected chi connectivity index (χ1v) is 46.6. The molecule has 0 aromatic heterocycles. The molecule has 18 nitrogen and oxygen atoms in total. The van der Waals surface area contributed by atoms with E-state index in [1.54, 1.807) is 167 Å². The number of fused-ring (bicyclic) bond motifs is 5.